The molecule has 0 amide bonds. The van der Waals surface area contributed by atoms with E-state index in [0.29, 0.717) is 6.42 Å². The number of rotatable bonds is 19. The Hall–Kier alpha value is -0.120. The van der Waals surface area contributed by atoms with Crippen LogP contribution in [0.4, 0.5) is 0 Å². The van der Waals surface area contributed by atoms with Gasteiger partial charge in [0.2, 0.25) is 0 Å². The summed E-state index contributed by atoms with van der Waals surface area (Å²) in [6.45, 7) is 8.00. The van der Waals surface area contributed by atoms with Crippen molar-refractivity contribution in [1.82, 2.24) is 4.90 Å². The Morgan fingerprint density at radius 2 is 0.920 bits per heavy atom. The average molecular weight is 357 g/mol. The van der Waals surface area contributed by atoms with E-state index in [9.17, 15) is 5.11 Å². The highest BCUT2D eigenvalue weighted by molar-refractivity contribution is 4.71. The van der Waals surface area contributed by atoms with Crippen LogP contribution in [0.1, 0.15) is 124 Å². The van der Waals surface area contributed by atoms with E-state index in [-0.39, 0.29) is 0 Å². The highest BCUT2D eigenvalue weighted by Crippen LogP contribution is 2.17. The first-order chi connectivity index (χ1) is 12.1. The Morgan fingerprint density at radius 3 is 1.24 bits per heavy atom. The standard InChI is InChI=1S/C22H48N2O/c1-4-7-8-9-10-11-12-13-14-15-16-17-18-19-20-21-22(23,25)24(5-2)6-3/h25H,4-21,23H2,1-3H3. The van der Waals surface area contributed by atoms with E-state index in [1.54, 1.807) is 0 Å². The fourth-order valence-electron chi connectivity index (χ4n) is 3.69. The second-order valence-electron chi connectivity index (χ2n) is 7.75. The Bertz CT molecular complexity index is 265. The van der Waals surface area contributed by atoms with Crippen LogP contribution in [0.2, 0.25) is 0 Å². The molecule has 0 fully saturated rings. The maximum absolute atomic E-state index is 10.3. The van der Waals surface area contributed by atoms with Gasteiger partial charge in [0.1, 0.15) is 0 Å². The highest BCUT2D eigenvalue weighted by atomic mass is 16.3. The molecule has 0 spiro atoms. The molecular formula is C22H48N2O. The van der Waals surface area contributed by atoms with Gasteiger partial charge >= 0.3 is 0 Å². The molecule has 0 aromatic heterocycles. The van der Waals surface area contributed by atoms with Gasteiger partial charge in [-0.25, -0.2) is 0 Å². The molecule has 0 saturated carbocycles. The third kappa shape index (κ3) is 14.7. The van der Waals surface area contributed by atoms with Gasteiger partial charge < -0.3 is 5.11 Å². The molecule has 0 aliphatic heterocycles. The first-order valence-corrected chi connectivity index (χ1v) is 11.3. The lowest BCUT2D eigenvalue weighted by atomic mass is 10.0. The van der Waals surface area contributed by atoms with Gasteiger partial charge in [-0.2, -0.15) is 0 Å². The summed E-state index contributed by atoms with van der Waals surface area (Å²) in [5.74, 6) is -1.11. The van der Waals surface area contributed by atoms with Gasteiger partial charge in [0.05, 0.1) is 0 Å². The van der Waals surface area contributed by atoms with Crippen LogP contribution in [0, 0.1) is 0 Å². The van der Waals surface area contributed by atoms with Crippen molar-refractivity contribution in [1.29, 1.82) is 0 Å². The van der Waals surface area contributed by atoms with E-state index in [1.165, 1.54) is 89.9 Å². The van der Waals surface area contributed by atoms with Crippen molar-refractivity contribution >= 4 is 0 Å². The molecule has 3 heteroatoms. The van der Waals surface area contributed by atoms with E-state index in [0.717, 1.165) is 19.5 Å². The van der Waals surface area contributed by atoms with Crippen molar-refractivity contribution in [3.63, 3.8) is 0 Å². The summed E-state index contributed by atoms with van der Waals surface area (Å²) in [7, 11) is 0. The lowest BCUT2D eigenvalue weighted by Crippen LogP contribution is -2.55. The largest absolute Gasteiger partial charge is 0.363 e. The molecule has 25 heavy (non-hydrogen) atoms. The zero-order valence-electron chi connectivity index (χ0n) is 17.7. The number of nitrogens with two attached hydrogens (primary N) is 1. The van der Waals surface area contributed by atoms with Crippen molar-refractivity contribution in [3.05, 3.63) is 0 Å². The first-order valence-electron chi connectivity index (χ1n) is 11.3. The summed E-state index contributed by atoms with van der Waals surface area (Å²) in [6.07, 6.45) is 21.1. The van der Waals surface area contributed by atoms with Crippen molar-refractivity contribution < 1.29 is 5.11 Å². The third-order valence-electron chi connectivity index (χ3n) is 5.46. The Kier molecular flexibility index (Phi) is 17.2. The smallest absolute Gasteiger partial charge is 0.171 e. The summed E-state index contributed by atoms with van der Waals surface area (Å²) in [6, 6.07) is 0. The van der Waals surface area contributed by atoms with Crippen LogP contribution in [-0.4, -0.2) is 28.9 Å². The Balaban J connectivity index is 3.29. The molecule has 0 bridgehead atoms. The van der Waals surface area contributed by atoms with Crippen LogP contribution in [0.3, 0.4) is 0 Å². The van der Waals surface area contributed by atoms with Gasteiger partial charge in [-0.3, -0.25) is 10.6 Å². The normalized spacial score (nSPS) is 14.2. The lowest BCUT2D eigenvalue weighted by molar-refractivity contribution is -0.106. The maximum Gasteiger partial charge on any atom is 0.171 e. The van der Waals surface area contributed by atoms with Crippen LogP contribution < -0.4 is 5.73 Å². The van der Waals surface area contributed by atoms with Gasteiger partial charge in [0, 0.05) is 6.42 Å². The van der Waals surface area contributed by atoms with E-state index in [2.05, 4.69) is 6.92 Å². The van der Waals surface area contributed by atoms with Crippen molar-refractivity contribution in [3.8, 4) is 0 Å². The molecule has 0 heterocycles. The summed E-state index contributed by atoms with van der Waals surface area (Å²) < 4.78 is 0. The van der Waals surface area contributed by atoms with Gasteiger partial charge in [-0.05, 0) is 19.5 Å². The molecule has 3 nitrogen and oxygen atoms in total. The first kappa shape index (κ1) is 24.9. The predicted octanol–water partition coefficient (Wildman–Crippen LogP) is 6.19. The van der Waals surface area contributed by atoms with E-state index < -0.39 is 5.85 Å². The molecule has 0 aromatic rings. The summed E-state index contributed by atoms with van der Waals surface area (Å²) in [4.78, 5) is 1.94. The number of hydrogen-bond acceptors (Lipinski definition) is 3. The van der Waals surface area contributed by atoms with E-state index in [4.69, 9.17) is 5.73 Å². The minimum Gasteiger partial charge on any atom is -0.363 e. The lowest BCUT2D eigenvalue weighted by Gasteiger charge is -2.35. The second kappa shape index (κ2) is 17.3. The van der Waals surface area contributed by atoms with Gasteiger partial charge in [0.25, 0.3) is 0 Å². The summed E-state index contributed by atoms with van der Waals surface area (Å²) >= 11 is 0. The van der Waals surface area contributed by atoms with Crippen LogP contribution in [0.15, 0.2) is 0 Å². The van der Waals surface area contributed by atoms with Crippen LogP contribution in [-0.2, 0) is 0 Å². The van der Waals surface area contributed by atoms with Gasteiger partial charge in [-0.15, -0.1) is 0 Å². The van der Waals surface area contributed by atoms with E-state index >= 15 is 0 Å². The number of nitrogens with zero attached hydrogens (tertiary/aromatic N) is 1. The predicted molar refractivity (Wildman–Crippen MR) is 112 cm³/mol. The quantitative estimate of drug-likeness (QED) is 0.214. The fraction of sp³-hybridized carbons (Fsp3) is 1.00. The van der Waals surface area contributed by atoms with Gasteiger partial charge in [0.15, 0.2) is 5.85 Å². The minimum atomic E-state index is -1.11. The number of unbranched alkanes of at least 4 members (excludes halogenated alkanes) is 14. The monoisotopic (exact) mass is 356 g/mol. The fourth-order valence-corrected chi connectivity index (χ4v) is 3.69. The zero-order chi connectivity index (χ0) is 18.8. The van der Waals surface area contributed by atoms with E-state index in [1.807, 2.05) is 18.7 Å². The number of aliphatic hydroxyl groups is 1. The SMILES string of the molecule is CCCCCCCCCCCCCCCCCC(N)(O)N(CC)CC. The average Bonchev–Trinajstić information content (AvgIpc) is 2.59. The summed E-state index contributed by atoms with van der Waals surface area (Å²) in [5, 5.41) is 10.3. The topological polar surface area (TPSA) is 49.5 Å². The molecule has 3 N–H and O–H groups in total. The molecule has 0 aliphatic carbocycles. The molecule has 0 aliphatic rings. The molecule has 0 rings (SSSR count). The molecule has 0 radical (unpaired) electrons. The summed E-state index contributed by atoms with van der Waals surface area (Å²) in [5.41, 5.74) is 6.02. The Morgan fingerprint density at radius 1 is 0.600 bits per heavy atom. The van der Waals surface area contributed by atoms with Gasteiger partial charge in [-0.1, -0.05) is 111 Å². The van der Waals surface area contributed by atoms with Crippen LogP contribution >= 0.6 is 0 Å². The Labute approximate surface area is 158 Å². The minimum absolute atomic E-state index is 0.687. The molecule has 152 valence electrons. The molecule has 0 saturated heterocycles. The molecule has 1 unspecified atom stereocenters. The number of hydrogen-bond donors (Lipinski definition) is 2. The molecule has 0 aromatic carbocycles. The highest BCUT2D eigenvalue weighted by Gasteiger charge is 2.26. The van der Waals surface area contributed by atoms with Crippen LogP contribution in [0.25, 0.3) is 0 Å². The maximum atomic E-state index is 10.3. The zero-order valence-corrected chi connectivity index (χ0v) is 17.7. The van der Waals surface area contributed by atoms with Crippen LogP contribution in [0.5, 0.6) is 0 Å². The molecular weight excluding hydrogens is 308 g/mol. The van der Waals surface area contributed by atoms with Crippen molar-refractivity contribution in [2.24, 2.45) is 5.73 Å². The van der Waals surface area contributed by atoms with Crippen molar-refractivity contribution in [2.45, 2.75) is 129 Å². The molecule has 1 atom stereocenters. The third-order valence-corrected chi connectivity index (χ3v) is 5.46. The van der Waals surface area contributed by atoms with Crippen molar-refractivity contribution in [2.75, 3.05) is 13.1 Å². The second-order valence-corrected chi connectivity index (χ2v) is 7.75.